The number of halogens is 3. The quantitative estimate of drug-likeness (QED) is 0.897. The predicted molar refractivity (Wildman–Crippen MR) is 74.6 cm³/mol. The second kappa shape index (κ2) is 7.77. The minimum absolute atomic E-state index is 0. The number of amides is 1. The smallest absolute Gasteiger partial charge is 0.251 e. The zero-order valence-corrected chi connectivity index (χ0v) is 11.9. The van der Waals surface area contributed by atoms with Gasteiger partial charge in [-0.1, -0.05) is 23.2 Å². The first kappa shape index (κ1) is 16.5. The van der Waals surface area contributed by atoms with Crippen LogP contribution in [0.5, 0.6) is 0 Å². The topological polar surface area (TPSA) is 41.1 Å². The average Bonchev–Trinajstić information content (AvgIpc) is 2.23. The summed E-state index contributed by atoms with van der Waals surface area (Å²) in [5.41, 5.74) is 0.473. The summed E-state index contributed by atoms with van der Waals surface area (Å²) in [6.45, 7) is 2.53. The van der Waals surface area contributed by atoms with Crippen LogP contribution in [0.15, 0.2) is 18.2 Å². The first-order valence-corrected chi connectivity index (χ1v) is 5.70. The summed E-state index contributed by atoms with van der Waals surface area (Å²) in [5, 5.41) is 6.73. The lowest BCUT2D eigenvalue weighted by Crippen LogP contribution is -2.37. The van der Waals surface area contributed by atoms with Crippen molar-refractivity contribution in [3.05, 3.63) is 33.8 Å². The summed E-state index contributed by atoms with van der Waals surface area (Å²) in [6, 6.07) is 4.99. The fraction of sp³-hybridized carbons (Fsp3) is 0.364. The van der Waals surface area contributed by atoms with Gasteiger partial charge in [-0.3, -0.25) is 4.79 Å². The van der Waals surface area contributed by atoms with Gasteiger partial charge >= 0.3 is 0 Å². The first-order chi connectivity index (χ1) is 7.52. The standard InChI is InChI=1S/C11H14Cl2N2O.ClH/c1-7(14-2)6-15-11(16)8-3-9(12)5-10(13)4-8;/h3-5,7,14H,6H2,1-2H3,(H,15,16);1H. The largest absolute Gasteiger partial charge is 0.350 e. The van der Waals surface area contributed by atoms with E-state index in [0.717, 1.165) is 0 Å². The second-order valence-corrected chi connectivity index (χ2v) is 4.43. The summed E-state index contributed by atoms with van der Waals surface area (Å²) in [4.78, 5) is 11.7. The van der Waals surface area contributed by atoms with Gasteiger partial charge in [0.15, 0.2) is 0 Å². The molecule has 17 heavy (non-hydrogen) atoms. The van der Waals surface area contributed by atoms with Crippen molar-refractivity contribution >= 4 is 41.5 Å². The van der Waals surface area contributed by atoms with E-state index in [0.29, 0.717) is 22.2 Å². The van der Waals surface area contributed by atoms with Gasteiger partial charge in [-0.15, -0.1) is 12.4 Å². The number of carbonyl (C=O) groups excluding carboxylic acids is 1. The third-order valence-corrected chi connectivity index (χ3v) is 2.62. The summed E-state index contributed by atoms with van der Waals surface area (Å²) in [7, 11) is 1.84. The van der Waals surface area contributed by atoms with Gasteiger partial charge in [0.05, 0.1) is 0 Å². The Morgan fingerprint density at radius 3 is 2.29 bits per heavy atom. The number of hydrogen-bond acceptors (Lipinski definition) is 2. The third kappa shape index (κ3) is 5.59. The maximum atomic E-state index is 11.7. The van der Waals surface area contributed by atoms with Crippen LogP contribution in [0.3, 0.4) is 0 Å². The Kier molecular flexibility index (Phi) is 7.55. The molecule has 3 nitrogen and oxygen atoms in total. The molecule has 2 N–H and O–H groups in total. The fourth-order valence-corrected chi connectivity index (χ4v) is 1.66. The molecule has 1 aromatic rings. The summed E-state index contributed by atoms with van der Waals surface area (Å²) in [5.74, 6) is -0.175. The van der Waals surface area contributed by atoms with Gasteiger partial charge in [0.2, 0.25) is 0 Å². The summed E-state index contributed by atoms with van der Waals surface area (Å²) < 4.78 is 0. The first-order valence-electron chi connectivity index (χ1n) is 4.94. The van der Waals surface area contributed by atoms with Crippen molar-refractivity contribution in [1.29, 1.82) is 0 Å². The van der Waals surface area contributed by atoms with Gasteiger partial charge < -0.3 is 10.6 Å². The Morgan fingerprint density at radius 1 is 1.29 bits per heavy atom. The number of hydrogen-bond donors (Lipinski definition) is 2. The lowest BCUT2D eigenvalue weighted by atomic mass is 10.2. The van der Waals surface area contributed by atoms with Crippen molar-refractivity contribution in [2.75, 3.05) is 13.6 Å². The molecule has 0 aliphatic heterocycles. The summed E-state index contributed by atoms with van der Waals surface area (Å²) >= 11 is 11.6. The van der Waals surface area contributed by atoms with Crippen LogP contribution in [-0.4, -0.2) is 25.5 Å². The highest BCUT2D eigenvalue weighted by molar-refractivity contribution is 6.35. The van der Waals surface area contributed by atoms with Crippen LogP contribution in [-0.2, 0) is 0 Å². The molecular weight excluding hydrogens is 282 g/mol. The molecule has 1 atom stereocenters. The van der Waals surface area contributed by atoms with Crippen LogP contribution >= 0.6 is 35.6 Å². The maximum Gasteiger partial charge on any atom is 0.251 e. The molecule has 0 heterocycles. The molecule has 1 unspecified atom stereocenters. The molecule has 6 heteroatoms. The van der Waals surface area contributed by atoms with Crippen molar-refractivity contribution in [2.24, 2.45) is 0 Å². The van der Waals surface area contributed by atoms with Crippen molar-refractivity contribution in [2.45, 2.75) is 13.0 Å². The van der Waals surface area contributed by atoms with Gasteiger partial charge in [-0.2, -0.15) is 0 Å². The van der Waals surface area contributed by atoms with Gasteiger partial charge in [0, 0.05) is 28.2 Å². The molecule has 0 saturated carbocycles. The number of likely N-dealkylation sites (N-methyl/N-ethyl adjacent to an activating group) is 1. The number of carbonyl (C=O) groups is 1. The van der Waals surface area contributed by atoms with Crippen LogP contribution in [0.25, 0.3) is 0 Å². The molecule has 96 valence electrons. The number of rotatable bonds is 4. The van der Waals surface area contributed by atoms with E-state index in [9.17, 15) is 4.79 Å². The Hall–Kier alpha value is -0.480. The molecule has 0 spiro atoms. The zero-order valence-electron chi connectivity index (χ0n) is 9.59. The minimum Gasteiger partial charge on any atom is -0.350 e. The predicted octanol–water partition coefficient (Wildman–Crippen LogP) is 2.75. The van der Waals surface area contributed by atoms with Crippen LogP contribution in [0.1, 0.15) is 17.3 Å². The maximum absolute atomic E-state index is 11.7. The Labute approximate surface area is 117 Å². The molecule has 0 aliphatic carbocycles. The average molecular weight is 298 g/mol. The minimum atomic E-state index is -0.175. The SMILES string of the molecule is CNC(C)CNC(=O)c1cc(Cl)cc(Cl)c1.Cl. The van der Waals surface area contributed by atoms with Crippen LogP contribution < -0.4 is 10.6 Å². The van der Waals surface area contributed by atoms with Gasteiger partial charge in [-0.25, -0.2) is 0 Å². The Balaban J connectivity index is 0.00000256. The van der Waals surface area contributed by atoms with E-state index in [4.69, 9.17) is 23.2 Å². The summed E-state index contributed by atoms with van der Waals surface area (Å²) in [6.07, 6.45) is 0. The molecular formula is C11H15Cl3N2O. The molecule has 0 saturated heterocycles. The van der Waals surface area contributed by atoms with E-state index in [1.165, 1.54) is 0 Å². The van der Waals surface area contributed by atoms with Crippen LogP contribution in [0, 0.1) is 0 Å². The number of nitrogens with one attached hydrogen (secondary N) is 2. The van der Waals surface area contributed by atoms with E-state index in [1.54, 1.807) is 18.2 Å². The monoisotopic (exact) mass is 296 g/mol. The highest BCUT2D eigenvalue weighted by atomic mass is 35.5. The molecule has 0 bridgehead atoms. The lowest BCUT2D eigenvalue weighted by molar-refractivity contribution is 0.0950. The normalized spacial score (nSPS) is 11.5. The van der Waals surface area contributed by atoms with Crippen molar-refractivity contribution in [3.8, 4) is 0 Å². The molecule has 0 aromatic heterocycles. The molecule has 0 aliphatic rings. The second-order valence-electron chi connectivity index (χ2n) is 3.56. The molecule has 1 amide bonds. The van der Waals surface area contributed by atoms with Gasteiger partial charge in [0.1, 0.15) is 0 Å². The van der Waals surface area contributed by atoms with Crippen LogP contribution in [0.2, 0.25) is 10.0 Å². The zero-order chi connectivity index (χ0) is 12.1. The van der Waals surface area contributed by atoms with E-state index >= 15 is 0 Å². The van der Waals surface area contributed by atoms with E-state index in [-0.39, 0.29) is 24.4 Å². The lowest BCUT2D eigenvalue weighted by Gasteiger charge is -2.11. The van der Waals surface area contributed by atoms with Gasteiger partial charge in [-0.05, 0) is 32.2 Å². The molecule has 1 aromatic carbocycles. The number of benzene rings is 1. The van der Waals surface area contributed by atoms with Gasteiger partial charge in [0.25, 0.3) is 5.91 Å². The Bertz CT molecular complexity index is 365. The van der Waals surface area contributed by atoms with Crippen LogP contribution in [0.4, 0.5) is 0 Å². The third-order valence-electron chi connectivity index (χ3n) is 2.19. The van der Waals surface area contributed by atoms with Crippen molar-refractivity contribution in [1.82, 2.24) is 10.6 Å². The Morgan fingerprint density at radius 2 is 1.82 bits per heavy atom. The van der Waals surface area contributed by atoms with E-state index < -0.39 is 0 Å². The molecule has 1 rings (SSSR count). The molecule has 0 radical (unpaired) electrons. The fourth-order valence-electron chi connectivity index (χ4n) is 1.13. The van der Waals surface area contributed by atoms with E-state index in [2.05, 4.69) is 10.6 Å². The van der Waals surface area contributed by atoms with Crippen molar-refractivity contribution < 1.29 is 4.79 Å². The highest BCUT2D eigenvalue weighted by Gasteiger charge is 2.08. The molecule has 0 fully saturated rings. The van der Waals surface area contributed by atoms with E-state index in [1.807, 2.05) is 14.0 Å². The van der Waals surface area contributed by atoms with Crippen molar-refractivity contribution in [3.63, 3.8) is 0 Å². The highest BCUT2D eigenvalue weighted by Crippen LogP contribution is 2.18.